The fourth-order valence-corrected chi connectivity index (χ4v) is 3.47. The number of nitrogens with one attached hydrogen (secondary N) is 2. The smallest absolute Gasteiger partial charge is 0.257 e. The molecule has 2 rings (SSSR count). The maximum atomic E-state index is 12.1. The normalized spacial score (nSPS) is 17.1. The van der Waals surface area contributed by atoms with Gasteiger partial charge in [0.15, 0.2) is 5.03 Å². The molecule has 1 saturated heterocycles. The monoisotopic (exact) mass is 308 g/mol. The van der Waals surface area contributed by atoms with Crippen molar-refractivity contribution in [1.82, 2.24) is 19.8 Å². The van der Waals surface area contributed by atoms with Crippen LogP contribution in [0.1, 0.15) is 19.8 Å². The molecule has 19 heavy (non-hydrogen) atoms. The lowest BCUT2D eigenvalue weighted by Gasteiger charge is -2.22. The SMILES string of the molecule is CCn1nccc1S(=O)(=O)NCC1CCNCC1.Cl. The Morgan fingerprint density at radius 3 is 2.79 bits per heavy atom. The first-order valence-corrected chi connectivity index (χ1v) is 7.84. The average Bonchev–Trinajstić information content (AvgIpc) is 2.87. The van der Waals surface area contributed by atoms with Gasteiger partial charge in [0.2, 0.25) is 0 Å². The lowest BCUT2D eigenvalue weighted by atomic mass is 9.99. The van der Waals surface area contributed by atoms with Crippen molar-refractivity contribution in [3.8, 4) is 0 Å². The highest BCUT2D eigenvalue weighted by Gasteiger charge is 2.21. The van der Waals surface area contributed by atoms with E-state index in [4.69, 9.17) is 0 Å². The molecule has 0 aromatic carbocycles. The van der Waals surface area contributed by atoms with Gasteiger partial charge in [0.25, 0.3) is 10.0 Å². The molecule has 1 aromatic rings. The summed E-state index contributed by atoms with van der Waals surface area (Å²) in [5, 5.41) is 7.50. The fraction of sp³-hybridized carbons (Fsp3) is 0.727. The van der Waals surface area contributed by atoms with Gasteiger partial charge in [-0.25, -0.2) is 13.1 Å². The lowest BCUT2D eigenvalue weighted by Crippen LogP contribution is -2.36. The second-order valence-corrected chi connectivity index (χ2v) is 6.24. The molecule has 0 amide bonds. The Morgan fingerprint density at radius 1 is 1.47 bits per heavy atom. The zero-order valence-electron chi connectivity index (χ0n) is 11.0. The molecule has 2 N–H and O–H groups in total. The van der Waals surface area contributed by atoms with E-state index >= 15 is 0 Å². The third-order valence-corrected chi connectivity index (χ3v) is 4.72. The van der Waals surface area contributed by atoms with Crippen LogP contribution in [-0.2, 0) is 16.6 Å². The summed E-state index contributed by atoms with van der Waals surface area (Å²) >= 11 is 0. The minimum Gasteiger partial charge on any atom is -0.317 e. The van der Waals surface area contributed by atoms with Gasteiger partial charge in [0, 0.05) is 13.1 Å². The number of piperidine rings is 1. The Morgan fingerprint density at radius 2 is 2.16 bits per heavy atom. The Labute approximate surface area is 120 Å². The summed E-state index contributed by atoms with van der Waals surface area (Å²) in [4.78, 5) is 0. The van der Waals surface area contributed by atoms with E-state index < -0.39 is 10.0 Å². The summed E-state index contributed by atoms with van der Waals surface area (Å²) in [5.74, 6) is 0.430. The van der Waals surface area contributed by atoms with E-state index in [1.165, 1.54) is 16.9 Å². The van der Waals surface area contributed by atoms with Crippen molar-refractivity contribution in [2.45, 2.75) is 31.3 Å². The van der Waals surface area contributed by atoms with Crippen LogP contribution in [-0.4, -0.2) is 37.8 Å². The van der Waals surface area contributed by atoms with Crippen molar-refractivity contribution in [2.75, 3.05) is 19.6 Å². The van der Waals surface area contributed by atoms with Crippen molar-refractivity contribution < 1.29 is 8.42 Å². The molecule has 2 heterocycles. The average molecular weight is 309 g/mol. The molecule has 8 heteroatoms. The van der Waals surface area contributed by atoms with Crippen LogP contribution in [0.3, 0.4) is 0 Å². The molecule has 0 bridgehead atoms. The summed E-state index contributed by atoms with van der Waals surface area (Å²) < 4.78 is 28.4. The lowest BCUT2D eigenvalue weighted by molar-refractivity contribution is 0.372. The molecule has 1 fully saturated rings. The van der Waals surface area contributed by atoms with Gasteiger partial charge >= 0.3 is 0 Å². The molecule has 1 aliphatic heterocycles. The Bertz CT molecular complexity index is 483. The summed E-state index contributed by atoms with van der Waals surface area (Å²) in [6, 6.07) is 1.54. The highest BCUT2D eigenvalue weighted by molar-refractivity contribution is 7.89. The Kier molecular flexibility index (Phi) is 6.25. The fourth-order valence-electron chi connectivity index (χ4n) is 2.17. The van der Waals surface area contributed by atoms with Gasteiger partial charge in [-0.2, -0.15) is 5.10 Å². The maximum absolute atomic E-state index is 12.1. The quantitative estimate of drug-likeness (QED) is 0.835. The van der Waals surface area contributed by atoms with Crippen LogP contribution >= 0.6 is 12.4 Å². The first-order valence-electron chi connectivity index (χ1n) is 6.35. The molecule has 110 valence electrons. The van der Waals surface area contributed by atoms with Gasteiger partial charge in [-0.3, -0.25) is 4.68 Å². The summed E-state index contributed by atoms with van der Waals surface area (Å²) in [6.07, 6.45) is 3.56. The molecule has 0 aliphatic carbocycles. The zero-order chi connectivity index (χ0) is 13.0. The number of sulfonamides is 1. The van der Waals surface area contributed by atoms with Crippen molar-refractivity contribution in [2.24, 2.45) is 5.92 Å². The standard InChI is InChI=1S/C11H20N4O2S.ClH/c1-2-15-11(5-8-13-15)18(16,17)14-9-10-3-6-12-7-4-10;/h5,8,10,12,14H,2-4,6-7,9H2,1H3;1H. The van der Waals surface area contributed by atoms with Crippen molar-refractivity contribution >= 4 is 22.4 Å². The highest BCUT2D eigenvalue weighted by Crippen LogP contribution is 2.13. The van der Waals surface area contributed by atoms with E-state index in [9.17, 15) is 8.42 Å². The van der Waals surface area contributed by atoms with Crippen molar-refractivity contribution in [3.63, 3.8) is 0 Å². The van der Waals surface area contributed by atoms with Crippen LogP contribution in [0.15, 0.2) is 17.3 Å². The van der Waals surface area contributed by atoms with E-state index in [0.717, 1.165) is 25.9 Å². The molecule has 0 unspecified atom stereocenters. The van der Waals surface area contributed by atoms with Crippen molar-refractivity contribution in [1.29, 1.82) is 0 Å². The highest BCUT2D eigenvalue weighted by atomic mass is 35.5. The third-order valence-electron chi connectivity index (χ3n) is 3.27. The van der Waals surface area contributed by atoms with E-state index in [2.05, 4.69) is 15.1 Å². The minimum absolute atomic E-state index is 0. The summed E-state index contributed by atoms with van der Waals surface area (Å²) in [6.45, 7) is 4.88. The molecule has 1 aliphatic rings. The van der Waals surface area contributed by atoms with E-state index in [1.807, 2.05) is 6.92 Å². The van der Waals surface area contributed by atoms with Gasteiger partial charge in [-0.05, 0) is 44.8 Å². The number of aromatic nitrogens is 2. The van der Waals surface area contributed by atoms with Gasteiger partial charge in [-0.15, -0.1) is 12.4 Å². The van der Waals surface area contributed by atoms with Crippen LogP contribution < -0.4 is 10.0 Å². The molecule has 1 aromatic heterocycles. The second kappa shape index (κ2) is 7.23. The molecular formula is C11H21ClN4O2S. The molecule has 0 radical (unpaired) electrons. The van der Waals surface area contributed by atoms with Crippen LogP contribution in [0.25, 0.3) is 0 Å². The molecule has 0 saturated carbocycles. The number of nitrogens with zero attached hydrogens (tertiary/aromatic N) is 2. The summed E-state index contributed by atoms with van der Waals surface area (Å²) in [7, 11) is -3.43. The molecular weight excluding hydrogens is 288 g/mol. The number of rotatable bonds is 5. The van der Waals surface area contributed by atoms with E-state index in [-0.39, 0.29) is 17.4 Å². The van der Waals surface area contributed by atoms with Gasteiger partial charge < -0.3 is 5.32 Å². The van der Waals surface area contributed by atoms with Gasteiger partial charge in [-0.1, -0.05) is 0 Å². The zero-order valence-corrected chi connectivity index (χ0v) is 12.6. The van der Waals surface area contributed by atoms with Gasteiger partial charge in [0.1, 0.15) is 0 Å². The maximum Gasteiger partial charge on any atom is 0.257 e. The number of halogens is 1. The Balaban J connectivity index is 0.00000180. The molecule has 0 spiro atoms. The first-order chi connectivity index (χ1) is 8.63. The third kappa shape index (κ3) is 4.17. The van der Waals surface area contributed by atoms with E-state index in [0.29, 0.717) is 19.0 Å². The summed E-state index contributed by atoms with van der Waals surface area (Å²) in [5.41, 5.74) is 0. The predicted molar refractivity (Wildman–Crippen MR) is 75.9 cm³/mol. The Hall–Kier alpha value is -0.630. The van der Waals surface area contributed by atoms with Crippen molar-refractivity contribution in [3.05, 3.63) is 12.3 Å². The van der Waals surface area contributed by atoms with Crippen LogP contribution in [0, 0.1) is 5.92 Å². The molecule has 0 atom stereocenters. The van der Waals surface area contributed by atoms with Crippen LogP contribution in [0.5, 0.6) is 0 Å². The minimum atomic E-state index is -3.43. The first kappa shape index (κ1) is 16.4. The largest absolute Gasteiger partial charge is 0.317 e. The van der Waals surface area contributed by atoms with Crippen LogP contribution in [0.4, 0.5) is 0 Å². The topological polar surface area (TPSA) is 76.0 Å². The number of aryl methyl sites for hydroxylation is 1. The van der Waals surface area contributed by atoms with Gasteiger partial charge in [0.05, 0.1) is 6.20 Å². The number of hydrogen-bond acceptors (Lipinski definition) is 4. The molecule has 6 nitrogen and oxygen atoms in total. The number of hydrogen-bond donors (Lipinski definition) is 2. The predicted octanol–water partition coefficient (Wildman–Crippen LogP) is 0.603. The van der Waals surface area contributed by atoms with Crippen LogP contribution in [0.2, 0.25) is 0 Å². The second-order valence-electron chi connectivity index (χ2n) is 4.53. The van der Waals surface area contributed by atoms with E-state index in [1.54, 1.807) is 0 Å².